The van der Waals surface area contributed by atoms with E-state index in [0.717, 1.165) is 34.6 Å². The van der Waals surface area contributed by atoms with Gasteiger partial charge in [-0.05, 0) is 19.1 Å². The maximum Gasteiger partial charge on any atom is 0.383 e. The van der Waals surface area contributed by atoms with Crippen LogP contribution in [0.15, 0.2) is 27.4 Å². The van der Waals surface area contributed by atoms with Gasteiger partial charge in [0.25, 0.3) is 5.75 Å². The summed E-state index contributed by atoms with van der Waals surface area (Å²) in [7, 11) is 0. The van der Waals surface area contributed by atoms with E-state index >= 15 is 0 Å². The van der Waals surface area contributed by atoms with E-state index in [2.05, 4.69) is 0 Å². The summed E-state index contributed by atoms with van der Waals surface area (Å²) in [5.74, 6) is -4.26. The van der Waals surface area contributed by atoms with Gasteiger partial charge in [0, 0.05) is 40.7 Å². The fourth-order valence-corrected chi connectivity index (χ4v) is 4.15. The van der Waals surface area contributed by atoms with Gasteiger partial charge in [0.2, 0.25) is 12.4 Å². The molecule has 42 heavy (non-hydrogen) atoms. The predicted octanol–water partition coefficient (Wildman–Crippen LogP) is 1.58. The number of rotatable bonds is 10. The Bertz CT molecular complexity index is 1410. The minimum atomic E-state index is -1.51. The van der Waals surface area contributed by atoms with Crippen molar-refractivity contribution in [2.45, 2.75) is 72.2 Å². The van der Waals surface area contributed by atoms with Crippen LogP contribution in [0.4, 0.5) is 0 Å². The van der Waals surface area contributed by atoms with E-state index in [1.807, 2.05) is 0 Å². The number of carbonyl (C=O) groups is 5. The van der Waals surface area contributed by atoms with E-state index in [4.69, 9.17) is 42.3 Å². The molecule has 2 aromatic rings. The molecule has 0 amide bonds. The second-order valence-electron chi connectivity index (χ2n) is 8.92. The summed E-state index contributed by atoms with van der Waals surface area (Å²) in [5, 5.41) is 0.265. The summed E-state index contributed by atoms with van der Waals surface area (Å²) in [6, 6.07) is 4.18. The largest absolute Gasteiger partial charge is 0.489 e. The summed E-state index contributed by atoms with van der Waals surface area (Å²) >= 11 is 0. The average molecular weight is 595 g/mol. The third kappa shape index (κ3) is 7.96. The van der Waals surface area contributed by atoms with Gasteiger partial charge in [0.15, 0.2) is 18.0 Å². The van der Waals surface area contributed by atoms with Gasteiger partial charge in [-0.3, -0.25) is 24.0 Å². The van der Waals surface area contributed by atoms with Crippen molar-refractivity contribution in [2.75, 3.05) is 13.2 Å². The van der Waals surface area contributed by atoms with Crippen LogP contribution >= 0.6 is 0 Å². The quantitative estimate of drug-likeness (QED) is 0.219. The van der Waals surface area contributed by atoms with E-state index < -0.39 is 78.5 Å². The second kappa shape index (κ2) is 13.8. The van der Waals surface area contributed by atoms with Crippen molar-refractivity contribution >= 4 is 40.8 Å². The van der Waals surface area contributed by atoms with Crippen molar-refractivity contribution in [3.05, 3.63) is 28.6 Å². The molecule has 3 rings (SSSR count). The van der Waals surface area contributed by atoms with Crippen LogP contribution in [0.25, 0.3) is 11.0 Å². The van der Waals surface area contributed by atoms with Gasteiger partial charge >= 0.3 is 35.5 Å². The van der Waals surface area contributed by atoms with Gasteiger partial charge in [0.05, 0.1) is 12.0 Å². The van der Waals surface area contributed by atoms with Crippen molar-refractivity contribution in [3.63, 3.8) is 0 Å². The Kier molecular flexibility index (Phi) is 10.5. The Morgan fingerprint density at radius 3 is 1.98 bits per heavy atom. The Morgan fingerprint density at radius 1 is 0.786 bits per heavy atom. The lowest BCUT2D eigenvalue weighted by atomic mass is 9.98. The van der Waals surface area contributed by atoms with Crippen LogP contribution in [0, 0.1) is 0 Å². The lowest BCUT2D eigenvalue weighted by Gasteiger charge is -2.43. The Balaban J connectivity index is 2.07. The number of benzene rings is 1. The van der Waals surface area contributed by atoms with Crippen molar-refractivity contribution in [3.8, 4) is 17.2 Å². The molecular formula is C27H30O15. The van der Waals surface area contributed by atoms with Gasteiger partial charge in [-0.15, -0.1) is 0 Å². The van der Waals surface area contributed by atoms with Crippen LogP contribution in [0.5, 0.6) is 17.2 Å². The molecule has 1 aromatic heterocycles. The van der Waals surface area contributed by atoms with E-state index in [1.54, 1.807) is 6.92 Å². The third-order valence-corrected chi connectivity index (χ3v) is 5.53. The molecule has 2 heterocycles. The fourth-order valence-electron chi connectivity index (χ4n) is 4.15. The van der Waals surface area contributed by atoms with Crippen LogP contribution in [0.1, 0.15) is 41.5 Å². The number of fused-ring (bicyclic) bond motifs is 1. The van der Waals surface area contributed by atoms with Crippen LogP contribution in [-0.4, -0.2) is 73.8 Å². The molecule has 15 heteroatoms. The maximum atomic E-state index is 12.6. The highest BCUT2D eigenvalue weighted by Crippen LogP contribution is 2.36. The Morgan fingerprint density at radius 2 is 1.40 bits per heavy atom. The van der Waals surface area contributed by atoms with Gasteiger partial charge in [-0.25, -0.2) is 4.79 Å². The van der Waals surface area contributed by atoms with E-state index in [1.165, 1.54) is 18.2 Å². The molecule has 1 fully saturated rings. The molecule has 0 spiro atoms. The minimum Gasteiger partial charge on any atom is -0.489 e. The second-order valence-corrected chi connectivity index (χ2v) is 8.92. The summed E-state index contributed by atoms with van der Waals surface area (Å²) in [5.41, 5.74) is -1.02. The highest BCUT2D eigenvalue weighted by molar-refractivity contribution is 5.87. The van der Waals surface area contributed by atoms with E-state index in [-0.39, 0.29) is 29.1 Å². The zero-order chi connectivity index (χ0) is 31.1. The normalized spacial score (nSPS) is 21.5. The van der Waals surface area contributed by atoms with Gasteiger partial charge in [0.1, 0.15) is 24.0 Å². The first kappa shape index (κ1) is 31.9. The lowest BCUT2D eigenvalue weighted by Crippen LogP contribution is -2.63. The fraction of sp³-hybridized carbons (Fsp3) is 0.481. The smallest absolute Gasteiger partial charge is 0.383 e. The topological polar surface area (TPSA) is 189 Å². The van der Waals surface area contributed by atoms with Gasteiger partial charge in [-0.1, -0.05) is 0 Å². The first-order valence-electron chi connectivity index (χ1n) is 12.7. The predicted molar refractivity (Wildman–Crippen MR) is 138 cm³/mol. The number of ether oxygens (including phenoxy) is 8. The average Bonchev–Trinajstić information content (AvgIpc) is 2.87. The van der Waals surface area contributed by atoms with Crippen molar-refractivity contribution in [2.24, 2.45) is 0 Å². The first-order chi connectivity index (χ1) is 19.8. The van der Waals surface area contributed by atoms with Crippen LogP contribution in [-0.2, 0) is 47.7 Å². The molecule has 0 unspecified atom stereocenters. The third-order valence-electron chi connectivity index (χ3n) is 5.53. The Labute approximate surface area is 238 Å². The summed E-state index contributed by atoms with van der Waals surface area (Å²) in [4.78, 5) is 71.6. The molecule has 1 aromatic carbocycles. The maximum absolute atomic E-state index is 12.6. The molecular weight excluding hydrogens is 564 g/mol. The minimum absolute atomic E-state index is 0.0224. The van der Waals surface area contributed by atoms with Crippen molar-refractivity contribution < 1.29 is 66.3 Å². The number of carbonyl (C=O) groups excluding carboxylic acids is 5. The van der Waals surface area contributed by atoms with Crippen LogP contribution < -0.4 is 19.8 Å². The Hall–Kier alpha value is -4.66. The molecule has 0 radical (unpaired) electrons. The molecule has 1 saturated heterocycles. The number of hydrogen-bond acceptors (Lipinski definition) is 15. The monoisotopic (exact) mass is 594 g/mol. The van der Waals surface area contributed by atoms with Crippen LogP contribution in [0.2, 0.25) is 0 Å². The molecule has 1 aliphatic rings. The zero-order valence-corrected chi connectivity index (χ0v) is 23.7. The molecule has 1 aliphatic heterocycles. The highest BCUT2D eigenvalue weighted by atomic mass is 16.7. The van der Waals surface area contributed by atoms with Crippen molar-refractivity contribution in [1.29, 1.82) is 0 Å². The van der Waals surface area contributed by atoms with Crippen LogP contribution in [0.3, 0.4) is 0 Å². The van der Waals surface area contributed by atoms with Crippen molar-refractivity contribution in [1.82, 2.24) is 0 Å². The lowest BCUT2D eigenvalue weighted by molar-refractivity contribution is -0.288. The summed E-state index contributed by atoms with van der Waals surface area (Å²) in [6.45, 7) is 6.90. The summed E-state index contributed by atoms with van der Waals surface area (Å²) < 4.78 is 48.9. The first-order valence-corrected chi connectivity index (χ1v) is 12.7. The number of esters is 5. The van der Waals surface area contributed by atoms with E-state index in [0.29, 0.717) is 0 Å². The molecule has 15 nitrogen and oxygen atoms in total. The SMILES string of the molecule is CCOc1c(OC(C)=O)c(=O)oc2cc(O[C@@H]3O[C@H](COC(C)=O)[C@H](OC(C)=O)[C@H](OC(C)=O)[C@H]3OC(C)=O)ccc12. The molecule has 0 N–H and O–H groups in total. The summed E-state index contributed by atoms with van der Waals surface area (Å²) in [6.07, 6.45) is -7.02. The molecule has 0 bridgehead atoms. The van der Waals surface area contributed by atoms with Gasteiger partial charge in [-0.2, -0.15) is 0 Å². The molecule has 228 valence electrons. The molecule has 0 aliphatic carbocycles. The zero-order valence-electron chi connectivity index (χ0n) is 23.7. The molecule has 5 atom stereocenters. The molecule has 0 saturated carbocycles. The standard InChI is InChI=1S/C27H30O15/c1-7-34-21-18-9-8-17(10-19(18)41-26(33)24(21)38-15(5)31)40-27-25(39-16(6)32)23(37-14(4)30)22(36-13(3)29)20(42-27)11-35-12(2)28/h8-10,20,22-23,25,27H,7,11H2,1-6H3/t20-,22+,23+,25-,27-/m1/s1. The van der Waals surface area contributed by atoms with Gasteiger partial charge < -0.3 is 42.3 Å². The highest BCUT2D eigenvalue weighted by Gasteiger charge is 2.53. The van der Waals surface area contributed by atoms with E-state index in [9.17, 15) is 28.8 Å². The number of hydrogen-bond donors (Lipinski definition) is 0.